The molecular weight excluding hydrogens is 469 g/mol. The van der Waals surface area contributed by atoms with Crippen molar-refractivity contribution in [2.45, 2.75) is 25.7 Å². The quantitative estimate of drug-likeness (QED) is 0.422. The van der Waals surface area contributed by atoms with Gasteiger partial charge in [-0.25, -0.2) is 15.0 Å². The second-order valence-electron chi connectivity index (χ2n) is 7.51. The molecule has 11 heteroatoms. The Hall–Kier alpha value is -3.79. The number of halogens is 4. The summed E-state index contributed by atoms with van der Waals surface area (Å²) >= 11 is 6.29. The number of carbonyl (C=O) groups excluding carboxylic acids is 1. The molecule has 0 saturated heterocycles. The monoisotopic (exact) mass is 486 g/mol. The molecule has 0 fully saturated rings. The highest BCUT2D eigenvalue weighted by Crippen LogP contribution is 2.30. The van der Waals surface area contributed by atoms with E-state index in [0.29, 0.717) is 27.3 Å². The molecule has 4 rings (SSSR count). The summed E-state index contributed by atoms with van der Waals surface area (Å²) in [6.07, 6.45) is -0.672. The number of anilines is 1. The molecule has 0 bridgehead atoms. The zero-order chi connectivity index (χ0) is 24.5. The summed E-state index contributed by atoms with van der Waals surface area (Å²) < 4.78 is 38.8. The zero-order valence-electron chi connectivity index (χ0n) is 17.8. The largest absolute Gasteiger partial charge is 0.417 e. The van der Waals surface area contributed by atoms with Crippen molar-refractivity contribution >= 4 is 34.2 Å². The Balaban J connectivity index is 1.71. The van der Waals surface area contributed by atoms with Crippen molar-refractivity contribution in [3.8, 4) is 0 Å². The van der Waals surface area contributed by atoms with E-state index in [0.717, 1.165) is 12.3 Å². The number of pyridine rings is 2. The summed E-state index contributed by atoms with van der Waals surface area (Å²) in [6, 6.07) is 9.51. The maximum Gasteiger partial charge on any atom is 0.417 e. The van der Waals surface area contributed by atoms with E-state index in [9.17, 15) is 18.0 Å². The smallest absolute Gasteiger partial charge is 0.384 e. The van der Waals surface area contributed by atoms with Gasteiger partial charge in [-0.1, -0.05) is 11.6 Å². The van der Waals surface area contributed by atoms with Gasteiger partial charge in [-0.05, 0) is 49.4 Å². The number of alkyl halides is 3. The van der Waals surface area contributed by atoms with Crippen LogP contribution in [0.1, 0.15) is 40.4 Å². The Morgan fingerprint density at radius 1 is 1.12 bits per heavy atom. The molecule has 1 aromatic carbocycles. The average molecular weight is 487 g/mol. The highest BCUT2D eigenvalue weighted by atomic mass is 35.5. The molecule has 1 amide bonds. The van der Waals surface area contributed by atoms with Crippen LogP contribution in [-0.2, 0) is 12.7 Å². The minimum absolute atomic E-state index is 0.0673. The van der Waals surface area contributed by atoms with Gasteiger partial charge in [-0.2, -0.15) is 13.2 Å². The van der Waals surface area contributed by atoms with E-state index in [2.05, 4.69) is 19.9 Å². The fraction of sp³-hybridized carbons (Fsp3) is 0.174. The summed E-state index contributed by atoms with van der Waals surface area (Å²) in [6.45, 7) is 1.66. The van der Waals surface area contributed by atoms with E-state index in [1.54, 1.807) is 43.6 Å². The van der Waals surface area contributed by atoms with Crippen LogP contribution in [0.3, 0.4) is 0 Å². The number of nitrogens with two attached hydrogens (primary N) is 1. The van der Waals surface area contributed by atoms with Crippen molar-refractivity contribution in [2.75, 3.05) is 5.73 Å². The number of hydrogen-bond donors (Lipinski definition) is 1. The standard InChI is InChI=1S/C23H18ClF3N6O/c1-13(21-29-7-2-8-30-21)33(12-16-5-4-15(11-31-16)23(25,26)27)22(34)14-3-6-19-17(9-14)18(24)10-20(28)32-19/h2-11,13H,12H2,1H3,(H2,28,32). The minimum Gasteiger partial charge on any atom is -0.384 e. The van der Waals surface area contributed by atoms with Crippen LogP contribution in [0, 0.1) is 0 Å². The van der Waals surface area contributed by atoms with Crippen molar-refractivity contribution in [3.05, 3.63) is 88.7 Å². The Morgan fingerprint density at radius 3 is 2.50 bits per heavy atom. The Labute approximate surface area is 197 Å². The van der Waals surface area contributed by atoms with Crippen LogP contribution in [0.25, 0.3) is 10.9 Å². The van der Waals surface area contributed by atoms with Gasteiger partial charge in [-0.15, -0.1) is 0 Å². The first kappa shape index (κ1) is 23.4. The summed E-state index contributed by atoms with van der Waals surface area (Å²) in [7, 11) is 0. The number of nitrogen functional groups attached to an aromatic ring is 1. The van der Waals surface area contributed by atoms with E-state index in [-0.39, 0.29) is 18.1 Å². The molecule has 0 aliphatic heterocycles. The highest BCUT2D eigenvalue weighted by molar-refractivity contribution is 6.35. The maximum atomic E-state index is 13.6. The first-order valence-electron chi connectivity index (χ1n) is 10.1. The number of fused-ring (bicyclic) bond motifs is 1. The zero-order valence-corrected chi connectivity index (χ0v) is 18.5. The van der Waals surface area contributed by atoms with Crippen LogP contribution in [0.5, 0.6) is 0 Å². The lowest BCUT2D eigenvalue weighted by Gasteiger charge is -2.28. The van der Waals surface area contributed by atoms with E-state index >= 15 is 0 Å². The predicted molar refractivity (Wildman–Crippen MR) is 121 cm³/mol. The molecule has 0 aliphatic carbocycles. The van der Waals surface area contributed by atoms with E-state index in [1.165, 1.54) is 17.0 Å². The topological polar surface area (TPSA) is 97.9 Å². The van der Waals surface area contributed by atoms with Crippen molar-refractivity contribution in [2.24, 2.45) is 0 Å². The van der Waals surface area contributed by atoms with E-state index in [1.807, 2.05) is 0 Å². The lowest BCUT2D eigenvalue weighted by Crippen LogP contribution is -2.34. The number of amides is 1. The fourth-order valence-corrected chi connectivity index (χ4v) is 3.68. The molecule has 4 aromatic rings. The second kappa shape index (κ2) is 9.22. The molecule has 3 heterocycles. The van der Waals surface area contributed by atoms with Gasteiger partial charge in [0.05, 0.1) is 34.4 Å². The number of carbonyl (C=O) groups is 1. The molecular formula is C23H18ClF3N6O. The summed E-state index contributed by atoms with van der Waals surface area (Å²) in [5, 5.41) is 0.880. The average Bonchev–Trinajstić information content (AvgIpc) is 2.82. The summed E-state index contributed by atoms with van der Waals surface area (Å²) in [5.41, 5.74) is 5.97. The van der Waals surface area contributed by atoms with Crippen LogP contribution >= 0.6 is 11.6 Å². The van der Waals surface area contributed by atoms with Gasteiger partial charge in [0.25, 0.3) is 5.91 Å². The molecule has 0 radical (unpaired) electrons. The van der Waals surface area contributed by atoms with Gasteiger partial charge in [0.15, 0.2) is 0 Å². The van der Waals surface area contributed by atoms with Gasteiger partial charge in [-0.3, -0.25) is 9.78 Å². The van der Waals surface area contributed by atoms with Crippen LogP contribution in [-0.4, -0.2) is 30.7 Å². The Kier molecular flexibility index (Phi) is 6.34. The lowest BCUT2D eigenvalue weighted by atomic mass is 10.1. The molecule has 2 N–H and O–H groups in total. The molecule has 0 saturated carbocycles. The van der Waals surface area contributed by atoms with Gasteiger partial charge in [0, 0.05) is 29.5 Å². The molecule has 0 aliphatic rings. The molecule has 3 aromatic heterocycles. The highest BCUT2D eigenvalue weighted by Gasteiger charge is 2.31. The predicted octanol–water partition coefficient (Wildman–Crippen LogP) is 5.08. The second-order valence-corrected chi connectivity index (χ2v) is 7.92. The number of hydrogen-bond acceptors (Lipinski definition) is 6. The first-order valence-corrected chi connectivity index (χ1v) is 10.5. The van der Waals surface area contributed by atoms with Crippen LogP contribution in [0.2, 0.25) is 5.02 Å². The minimum atomic E-state index is -4.51. The molecule has 1 unspecified atom stereocenters. The third-order valence-electron chi connectivity index (χ3n) is 5.20. The molecule has 7 nitrogen and oxygen atoms in total. The Bertz CT molecular complexity index is 1330. The van der Waals surface area contributed by atoms with Crippen LogP contribution in [0.4, 0.5) is 19.0 Å². The van der Waals surface area contributed by atoms with Crippen LogP contribution < -0.4 is 5.73 Å². The van der Waals surface area contributed by atoms with Crippen molar-refractivity contribution < 1.29 is 18.0 Å². The molecule has 0 spiro atoms. The number of rotatable bonds is 5. The molecule has 34 heavy (non-hydrogen) atoms. The summed E-state index contributed by atoms with van der Waals surface area (Å²) in [5.74, 6) is 0.217. The van der Waals surface area contributed by atoms with Crippen LogP contribution in [0.15, 0.2) is 61.1 Å². The fourth-order valence-electron chi connectivity index (χ4n) is 3.41. The first-order chi connectivity index (χ1) is 16.1. The normalized spacial score (nSPS) is 12.5. The Morgan fingerprint density at radius 2 is 1.85 bits per heavy atom. The number of aromatic nitrogens is 4. The third kappa shape index (κ3) is 4.91. The van der Waals surface area contributed by atoms with Gasteiger partial charge < -0.3 is 10.6 Å². The van der Waals surface area contributed by atoms with Gasteiger partial charge >= 0.3 is 6.18 Å². The maximum absolute atomic E-state index is 13.6. The van der Waals surface area contributed by atoms with Crippen molar-refractivity contribution in [1.82, 2.24) is 24.8 Å². The summed E-state index contributed by atoms with van der Waals surface area (Å²) in [4.78, 5) is 31.6. The molecule has 1 atom stereocenters. The molecule has 174 valence electrons. The van der Waals surface area contributed by atoms with Gasteiger partial charge in [0.2, 0.25) is 0 Å². The number of nitrogens with zero attached hydrogens (tertiary/aromatic N) is 5. The number of benzene rings is 1. The van der Waals surface area contributed by atoms with E-state index in [4.69, 9.17) is 17.3 Å². The van der Waals surface area contributed by atoms with E-state index < -0.39 is 23.7 Å². The SMILES string of the molecule is CC(c1ncccn1)N(Cc1ccc(C(F)(F)F)cn1)C(=O)c1ccc2nc(N)cc(Cl)c2c1. The van der Waals surface area contributed by atoms with Gasteiger partial charge in [0.1, 0.15) is 11.6 Å². The third-order valence-corrected chi connectivity index (χ3v) is 5.51. The van der Waals surface area contributed by atoms with Crippen molar-refractivity contribution in [3.63, 3.8) is 0 Å². The lowest BCUT2D eigenvalue weighted by molar-refractivity contribution is -0.137. The van der Waals surface area contributed by atoms with Crippen molar-refractivity contribution in [1.29, 1.82) is 0 Å².